The highest BCUT2D eigenvalue weighted by Gasteiger charge is 2.04. The molecular formula is C12H14BrN3S. The number of anilines is 1. The van der Waals surface area contributed by atoms with Gasteiger partial charge < -0.3 is 10.2 Å². The summed E-state index contributed by atoms with van der Waals surface area (Å²) < 4.78 is 1.08. The molecule has 1 rings (SSSR count). The second kappa shape index (κ2) is 6.58. The number of nitriles is 1. The highest BCUT2D eigenvalue weighted by molar-refractivity contribution is 9.10. The third-order valence-electron chi connectivity index (χ3n) is 2.31. The van der Waals surface area contributed by atoms with Gasteiger partial charge in [-0.05, 0) is 42.9 Å². The fourth-order valence-corrected chi connectivity index (χ4v) is 1.72. The summed E-state index contributed by atoms with van der Waals surface area (Å²) in [5, 5.41) is 12.3. The van der Waals surface area contributed by atoms with E-state index in [4.69, 9.17) is 17.5 Å². The van der Waals surface area contributed by atoms with Gasteiger partial charge in [0, 0.05) is 23.8 Å². The van der Waals surface area contributed by atoms with E-state index in [9.17, 15) is 0 Å². The van der Waals surface area contributed by atoms with Crippen molar-refractivity contribution in [1.82, 2.24) is 4.90 Å². The Morgan fingerprint density at radius 2 is 2.29 bits per heavy atom. The van der Waals surface area contributed by atoms with E-state index in [2.05, 4.69) is 27.3 Å². The van der Waals surface area contributed by atoms with Crippen LogP contribution in [0.2, 0.25) is 0 Å². The van der Waals surface area contributed by atoms with Crippen molar-refractivity contribution in [2.45, 2.75) is 13.3 Å². The van der Waals surface area contributed by atoms with E-state index >= 15 is 0 Å². The van der Waals surface area contributed by atoms with Gasteiger partial charge in [0.05, 0.1) is 12.5 Å². The Morgan fingerprint density at radius 3 is 2.88 bits per heavy atom. The molecule has 0 saturated heterocycles. The van der Waals surface area contributed by atoms with Gasteiger partial charge in [0.15, 0.2) is 5.11 Å². The summed E-state index contributed by atoms with van der Waals surface area (Å²) in [5.41, 5.74) is 2.11. The molecule has 0 amide bonds. The van der Waals surface area contributed by atoms with Crippen molar-refractivity contribution >= 4 is 38.9 Å². The van der Waals surface area contributed by atoms with Gasteiger partial charge in [0.2, 0.25) is 0 Å². The number of benzene rings is 1. The van der Waals surface area contributed by atoms with Crippen LogP contribution < -0.4 is 5.32 Å². The largest absolute Gasteiger partial charge is 0.351 e. The van der Waals surface area contributed by atoms with Gasteiger partial charge >= 0.3 is 0 Å². The molecule has 90 valence electrons. The first-order valence-electron chi connectivity index (χ1n) is 5.20. The molecule has 0 fully saturated rings. The van der Waals surface area contributed by atoms with Crippen molar-refractivity contribution < 1.29 is 0 Å². The number of aryl methyl sites for hydroxylation is 1. The lowest BCUT2D eigenvalue weighted by atomic mass is 10.2. The normalized spacial score (nSPS) is 9.53. The molecule has 0 saturated carbocycles. The summed E-state index contributed by atoms with van der Waals surface area (Å²) >= 11 is 8.69. The summed E-state index contributed by atoms with van der Waals surface area (Å²) in [7, 11) is 1.87. The first-order valence-corrected chi connectivity index (χ1v) is 6.40. The molecule has 17 heavy (non-hydrogen) atoms. The average Bonchev–Trinajstić information content (AvgIpc) is 2.30. The van der Waals surface area contributed by atoms with Crippen LogP contribution in [0.1, 0.15) is 12.0 Å². The molecule has 0 unspecified atom stereocenters. The van der Waals surface area contributed by atoms with E-state index in [-0.39, 0.29) is 0 Å². The van der Waals surface area contributed by atoms with E-state index in [1.807, 2.05) is 37.1 Å². The van der Waals surface area contributed by atoms with Gasteiger partial charge in [0.25, 0.3) is 0 Å². The third-order valence-corrected chi connectivity index (χ3v) is 3.62. The van der Waals surface area contributed by atoms with Crippen molar-refractivity contribution in [3.8, 4) is 6.07 Å². The molecule has 0 aliphatic heterocycles. The topological polar surface area (TPSA) is 39.1 Å². The zero-order chi connectivity index (χ0) is 12.8. The minimum atomic E-state index is 0.470. The lowest BCUT2D eigenvalue weighted by Crippen LogP contribution is -2.31. The molecule has 0 aliphatic rings. The first-order chi connectivity index (χ1) is 8.04. The Kier molecular flexibility index (Phi) is 5.39. The van der Waals surface area contributed by atoms with Crippen LogP contribution in [-0.2, 0) is 0 Å². The van der Waals surface area contributed by atoms with Gasteiger partial charge in [-0.1, -0.05) is 15.9 Å². The molecule has 5 heteroatoms. The number of nitrogens with zero attached hydrogens (tertiary/aromatic N) is 2. The molecule has 0 heterocycles. The fourth-order valence-electron chi connectivity index (χ4n) is 1.26. The molecule has 0 aliphatic carbocycles. The van der Waals surface area contributed by atoms with Gasteiger partial charge in [0.1, 0.15) is 0 Å². The number of halogens is 1. The lowest BCUT2D eigenvalue weighted by Gasteiger charge is -2.20. The molecule has 1 aromatic carbocycles. The smallest absolute Gasteiger partial charge is 0.173 e. The van der Waals surface area contributed by atoms with Crippen LogP contribution in [-0.4, -0.2) is 23.6 Å². The van der Waals surface area contributed by atoms with E-state index in [1.165, 1.54) is 0 Å². The van der Waals surface area contributed by atoms with Gasteiger partial charge in [-0.3, -0.25) is 0 Å². The highest BCUT2D eigenvalue weighted by atomic mass is 79.9. The molecule has 1 N–H and O–H groups in total. The minimum absolute atomic E-state index is 0.470. The van der Waals surface area contributed by atoms with E-state index < -0.39 is 0 Å². The monoisotopic (exact) mass is 311 g/mol. The minimum Gasteiger partial charge on any atom is -0.351 e. The van der Waals surface area contributed by atoms with Crippen LogP contribution in [0.4, 0.5) is 5.69 Å². The summed E-state index contributed by atoms with van der Waals surface area (Å²) in [5.74, 6) is 0. The van der Waals surface area contributed by atoms with Crippen molar-refractivity contribution in [2.75, 3.05) is 18.9 Å². The highest BCUT2D eigenvalue weighted by Crippen LogP contribution is 2.20. The molecular weight excluding hydrogens is 298 g/mol. The Bertz CT molecular complexity index is 454. The number of rotatable bonds is 3. The van der Waals surface area contributed by atoms with Gasteiger partial charge in [-0.2, -0.15) is 5.26 Å². The van der Waals surface area contributed by atoms with Crippen molar-refractivity contribution in [3.05, 3.63) is 28.2 Å². The maximum absolute atomic E-state index is 8.51. The lowest BCUT2D eigenvalue weighted by molar-refractivity contribution is 0.523. The van der Waals surface area contributed by atoms with Gasteiger partial charge in [-0.15, -0.1) is 0 Å². The predicted octanol–water partition coefficient (Wildman–Crippen LogP) is 3.30. The summed E-state index contributed by atoms with van der Waals surface area (Å²) in [6.45, 7) is 2.66. The van der Waals surface area contributed by atoms with Crippen LogP contribution in [0.25, 0.3) is 0 Å². The molecule has 0 spiro atoms. The Labute approximate surface area is 116 Å². The number of hydrogen-bond acceptors (Lipinski definition) is 2. The molecule has 3 nitrogen and oxygen atoms in total. The van der Waals surface area contributed by atoms with Crippen molar-refractivity contribution in [1.29, 1.82) is 5.26 Å². The maximum atomic E-state index is 8.51. The predicted molar refractivity (Wildman–Crippen MR) is 78.0 cm³/mol. The fraction of sp³-hybridized carbons (Fsp3) is 0.333. The number of nitrogens with one attached hydrogen (secondary N) is 1. The first kappa shape index (κ1) is 13.9. The van der Waals surface area contributed by atoms with Crippen molar-refractivity contribution in [2.24, 2.45) is 0 Å². The van der Waals surface area contributed by atoms with Crippen molar-refractivity contribution in [3.63, 3.8) is 0 Å². The Morgan fingerprint density at radius 1 is 1.59 bits per heavy atom. The van der Waals surface area contributed by atoms with Crippen LogP contribution >= 0.6 is 28.1 Å². The van der Waals surface area contributed by atoms with E-state index in [0.717, 1.165) is 15.7 Å². The van der Waals surface area contributed by atoms with E-state index in [0.29, 0.717) is 18.1 Å². The molecule has 1 aromatic rings. The molecule has 0 bridgehead atoms. The quantitative estimate of drug-likeness (QED) is 0.869. The van der Waals surface area contributed by atoms with E-state index in [1.54, 1.807) is 0 Å². The average molecular weight is 312 g/mol. The second-order valence-corrected chi connectivity index (χ2v) is 4.96. The standard InChI is InChI=1S/C12H14BrN3S/c1-9-8-10(4-5-11(9)13)15-12(17)16(2)7-3-6-14/h4-5,8H,3,7H2,1-2H3,(H,15,17). The Hall–Kier alpha value is -1.12. The zero-order valence-electron chi connectivity index (χ0n) is 9.83. The second-order valence-electron chi connectivity index (χ2n) is 3.72. The summed E-state index contributed by atoms with van der Waals surface area (Å²) in [6.07, 6.45) is 0.470. The zero-order valence-corrected chi connectivity index (χ0v) is 12.2. The van der Waals surface area contributed by atoms with Crippen LogP contribution in [0.5, 0.6) is 0 Å². The maximum Gasteiger partial charge on any atom is 0.173 e. The van der Waals surface area contributed by atoms with Crippen LogP contribution in [0.15, 0.2) is 22.7 Å². The third kappa shape index (κ3) is 4.33. The van der Waals surface area contributed by atoms with Crippen LogP contribution in [0.3, 0.4) is 0 Å². The number of hydrogen-bond donors (Lipinski definition) is 1. The Balaban J connectivity index is 2.62. The van der Waals surface area contributed by atoms with Crippen LogP contribution in [0, 0.1) is 18.3 Å². The van der Waals surface area contributed by atoms with Gasteiger partial charge in [-0.25, -0.2) is 0 Å². The SMILES string of the molecule is Cc1cc(NC(=S)N(C)CCC#N)ccc1Br. The molecule has 0 radical (unpaired) electrons. The molecule has 0 aromatic heterocycles. The number of thiocarbonyl (C=S) groups is 1. The summed E-state index contributed by atoms with van der Waals surface area (Å²) in [6, 6.07) is 8.06. The summed E-state index contributed by atoms with van der Waals surface area (Å²) in [4.78, 5) is 1.86. The molecule has 0 atom stereocenters.